The Hall–Kier alpha value is -0.430. The fourth-order valence-corrected chi connectivity index (χ4v) is 5.14. The van der Waals surface area contributed by atoms with Crippen molar-refractivity contribution in [2.75, 3.05) is 19.6 Å². The lowest BCUT2D eigenvalue weighted by Crippen LogP contribution is -2.38. The zero-order valence-electron chi connectivity index (χ0n) is 11.6. The number of rotatable bonds is 5. The normalized spacial score (nSPS) is 18.8. The van der Waals surface area contributed by atoms with Crippen molar-refractivity contribution < 1.29 is 8.42 Å². The summed E-state index contributed by atoms with van der Waals surface area (Å²) >= 11 is 1.51. The van der Waals surface area contributed by atoms with Gasteiger partial charge in [0.15, 0.2) is 0 Å². The monoisotopic (exact) mass is 302 g/mol. The summed E-state index contributed by atoms with van der Waals surface area (Å²) in [4.78, 5) is 1.41. The molecule has 19 heavy (non-hydrogen) atoms. The minimum absolute atomic E-state index is 0.494. The largest absolute Gasteiger partial charge is 0.312 e. The molecular weight excluding hydrogens is 280 g/mol. The van der Waals surface area contributed by atoms with Gasteiger partial charge >= 0.3 is 0 Å². The van der Waals surface area contributed by atoms with Gasteiger partial charge in [-0.05, 0) is 36.8 Å². The summed E-state index contributed by atoms with van der Waals surface area (Å²) in [6, 6.07) is 1.74. The zero-order valence-corrected chi connectivity index (χ0v) is 13.2. The standard InChI is InChI=1S/C13H22N2O2S2/c1-3-14-10-12-13(6-9-18-12)19(16,17)15-7-4-11(2)5-8-15/h6,9,11,14H,3-5,7-8,10H2,1-2H3. The van der Waals surface area contributed by atoms with Crippen LogP contribution in [-0.4, -0.2) is 32.4 Å². The molecule has 1 fully saturated rings. The van der Waals surface area contributed by atoms with Gasteiger partial charge in [0.05, 0.1) is 4.90 Å². The molecule has 1 N–H and O–H groups in total. The Kier molecular flexibility index (Phi) is 5.00. The number of nitrogens with zero attached hydrogens (tertiary/aromatic N) is 1. The molecule has 0 saturated carbocycles. The first kappa shape index (κ1) is 15.0. The van der Waals surface area contributed by atoms with E-state index in [4.69, 9.17) is 0 Å². The van der Waals surface area contributed by atoms with Gasteiger partial charge in [0.25, 0.3) is 0 Å². The third kappa shape index (κ3) is 3.37. The molecule has 0 aliphatic carbocycles. The van der Waals surface area contributed by atoms with Gasteiger partial charge in [0.1, 0.15) is 0 Å². The Bertz CT molecular complexity index is 502. The first-order valence-corrected chi connectivity index (χ1v) is 9.15. The number of piperidine rings is 1. The lowest BCUT2D eigenvalue weighted by atomic mass is 10.0. The van der Waals surface area contributed by atoms with Crippen LogP contribution in [-0.2, 0) is 16.6 Å². The summed E-state index contributed by atoms with van der Waals surface area (Å²) in [6.45, 7) is 6.99. The van der Waals surface area contributed by atoms with Crippen LogP contribution in [0.25, 0.3) is 0 Å². The number of thiophene rings is 1. The second-order valence-electron chi connectivity index (χ2n) is 5.07. The molecule has 1 aliphatic rings. The second-order valence-corrected chi connectivity index (χ2v) is 7.98. The van der Waals surface area contributed by atoms with E-state index in [0.29, 0.717) is 30.4 Å². The van der Waals surface area contributed by atoms with E-state index in [-0.39, 0.29) is 0 Å². The summed E-state index contributed by atoms with van der Waals surface area (Å²) in [5.74, 6) is 0.634. The van der Waals surface area contributed by atoms with E-state index in [1.54, 1.807) is 10.4 Å². The smallest absolute Gasteiger partial charge is 0.244 e. The quantitative estimate of drug-likeness (QED) is 0.908. The zero-order chi connectivity index (χ0) is 13.9. The Morgan fingerprint density at radius 1 is 1.42 bits per heavy atom. The summed E-state index contributed by atoms with van der Waals surface area (Å²) in [6.07, 6.45) is 1.93. The summed E-state index contributed by atoms with van der Waals surface area (Å²) in [7, 11) is -3.30. The van der Waals surface area contributed by atoms with Crippen molar-refractivity contribution in [1.29, 1.82) is 0 Å². The van der Waals surface area contributed by atoms with Crippen LogP contribution in [0.15, 0.2) is 16.3 Å². The molecule has 2 heterocycles. The van der Waals surface area contributed by atoms with Gasteiger partial charge in [0.2, 0.25) is 10.0 Å². The Morgan fingerprint density at radius 2 is 2.11 bits per heavy atom. The van der Waals surface area contributed by atoms with Gasteiger partial charge < -0.3 is 5.32 Å². The molecule has 0 bridgehead atoms. The molecule has 0 amide bonds. The molecule has 0 radical (unpaired) electrons. The van der Waals surface area contributed by atoms with Gasteiger partial charge in [-0.15, -0.1) is 11.3 Å². The third-order valence-corrected chi connectivity index (χ3v) is 6.63. The van der Waals surface area contributed by atoms with E-state index in [1.165, 1.54) is 11.3 Å². The number of nitrogens with one attached hydrogen (secondary N) is 1. The van der Waals surface area contributed by atoms with Crippen molar-refractivity contribution in [3.8, 4) is 0 Å². The van der Waals surface area contributed by atoms with Crippen molar-refractivity contribution in [1.82, 2.24) is 9.62 Å². The summed E-state index contributed by atoms with van der Waals surface area (Å²) in [5, 5.41) is 5.07. The van der Waals surface area contributed by atoms with Crippen LogP contribution >= 0.6 is 11.3 Å². The molecular formula is C13H22N2O2S2. The van der Waals surface area contributed by atoms with Crippen LogP contribution < -0.4 is 5.32 Å². The molecule has 2 rings (SSSR count). The lowest BCUT2D eigenvalue weighted by Gasteiger charge is -2.29. The maximum atomic E-state index is 12.6. The van der Waals surface area contributed by atoms with Crippen LogP contribution in [0.4, 0.5) is 0 Å². The first-order valence-electron chi connectivity index (χ1n) is 6.83. The highest BCUT2D eigenvalue weighted by molar-refractivity contribution is 7.89. The molecule has 1 aliphatic heterocycles. The maximum Gasteiger partial charge on any atom is 0.244 e. The molecule has 0 spiro atoms. The Morgan fingerprint density at radius 3 is 2.74 bits per heavy atom. The predicted octanol–water partition coefficient (Wildman–Crippen LogP) is 2.28. The number of hydrogen-bond acceptors (Lipinski definition) is 4. The van der Waals surface area contributed by atoms with Crippen LogP contribution in [0, 0.1) is 5.92 Å². The molecule has 108 valence electrons. The summed E-state index contributed by atoms with van der Waals surface area (Å²) < 4.78 is 26.9. The Labute approximate surface area is 119 Å². The van der Waals surface area contributed by atoms with Gasteiger partial charge in [0, 0.05) is 24.5 Å². The third-order valence-electron chi connectivity index (χ3n) is 3.60. The topological polar surface area (TPSA) is 49.4 Å². The van der Waals surface area contributed by atoms with Crippen molar-refractivity contribution in [2.24, 2.45) is 5.92 Å². The van der Waals surface area contributed by atoms with Gasteiger partial charge in [-0.25, -0.2) is 8.42 Å². The molecule has 4 nitrogen and oxygen atoms in total. The van der Waals surface area contributed by atoms with Crippen LogP contribution in [0.5, 0.6) is 0 Å². The van der Waals surface area contributed by atoms with Crippen LogP contribution in [0.2, 0.25) is 0 Å². The van der Waals surface area contributed by atoms with Crippen LogP contribution in [0.1, 0.15) is 31.6 Å². The summed E-state index contributed by atoms with van der Waals surface area (Å²) in [5.41, 5.74) is 0. The van der Waals surface area contributed by atoms with Crippen molar-refractivity contribution in [2.45, 2.75) is 38.1 Å². The molecule has 6 heteroatoms. The highest BCUT2D eigenvalue weighted by atomic mass is 32.2. The fourth-order valence-electron chi connectivity index (χ4n) is 2.29. The van der Waals surface area contributed by atoms with E-state index < -0.39 is 10.0 Å². The van der Waals surface area contributed by atoms with E-state index >= 15 is 0 Å². The average Bonchev–Trinajstić information content (AvgIpc) is 2.86. The highest BCUT2D eigenvalue weighted by Crippen LogP contribution is 2.28. The van der Waals surface area contributed by atoms with E-state index in [1.807, 2.05) is 12.3 Å². The maximum absolute atomic E-state index is 12.6. The highest BCUT2D eigenvalue weighted by Gasteiger charge is 2.30. The van der Waals surface area contributed by atoms with E-state index in [9.17, 15) is 8.42 Å². The molecule has 0 aromatic carbocycles. The minimum Gasteiger partial charge on any atom is -0.312 e. The number of hydrogen-bond donors (Lipinski definition) is 1. The van der Waals surface area contributed by atoms with Gasteiger partial charge in [-0.3, -0.25) is 0 Å². The molecule has 1 aromatic heterocycles. The predicted molar refractivity (Wildman–Crippen MR) is 78.9 cm³/mol. The molecule has 1 aromatic rings. The molecule has 0 unspecified atom stereocenters. The van der Waals surface area contributed by atoms with Crippen molar-refractivity contribution in [3.63, 3.8) is 0 Å². The van der Waals surface area contributed by atoms with Crippen molar-refractivity contribution in [3.05, 3.63) is 16.3 Å². The fraction of sp³-hybridized carbons (Fsp3) is 0.692. The molecule has 0 atom stereocenters. The van der Waals surface area contributed by atoms with Gasteiger partial charge in [-0.2, -0.15) is 4.31 Å². The van der Waals surface area contributed by atoms with Crippen molar-refractivity contribution >= 4 is 21.4 Å². The van der Waals surface area contributed by atoms with E-state index in [0.717, 1.165) is 24.3 Å². The second kappa shape index (κ2) is 6.35. The molecule has 1 saturated heterocycles. The lowest BCUT2D eigenvalue weighted by molar-refractivity contribution is 0.288. The van der Waals surface area contributed by atoms with Gasteiger partial charge in [-0.1, -0.05) is 13.8 Å². The van der Waals surface area contributed by atoms with E-state index in [2.05, 4.69) is 12.2 Å². The van der Waals surface area contributed by atoms with Crippen LogP contribution in [0.3, 0.4) is 0 Å². The first-order chi connectivity index (χ1) is 9.05. The number of sulfonamides is 1. The average molecular weight is 302 g/mol. The minimum atomic E-state index is -3.30. The SMILES string of the molecule is CCNCc1sccc1S(=O)(=O)N1CCC(C)CC1. The Balaban J connectivity index is 2.17.